The lowest BCUT2D eigenvalue weighted by atomic mass is 9.73. The van der Waals surface area contributed by atoms with Crippen LogP contribution in [-0.2, 0) is 4.74 Å². The van der Waals surface area contributed by atoms with Crippen molar-refractivity contribution in [1.82, 2.24) is 4.90 Å². The first-order valence-electron chi connectivity index (χ1n) is 8.18. The summed E-state index contributed by atoms with van der Waals surface area (Å²) in [5, 5.41) is 0. The van der Waals surface area contributed by atoms with Crippen molar-refractivity contribution >= 4 is 0 Å². The highest BCUT2D eigenvalue weighted by atomic mass is 16.5. The van der Waals surface area contributed by atoms with E-state index in [1.807, 2.05) is 7.11 Å². The fraction of sp³-hybridized carbons (Fsp3) is 1.00. The van der Waals surface area contributed by atoms with Gasteiger partial charge < -0.3 is 10.5 Å². The van der Waals surface area contributed by atoms with Crippen LogP contribution in [0.15, 0.2) is 0 Å². The van der Waals surface area contributed by atoms with Crippen LogP contribution in [0.2, 0.25) is 0 Å². The second-order valence-electron chi connectivity index (χ2n) is 6.69. The van der Waals surface area contributed by atoms with Crippen LogP contribution in [0.5, 0.6) is 0 Å². The number of likely N-dealkylation sites (tertiary alicyclic amines) is 1. The van der Waals surface area contributed by atoms with Gasteiger partial charge in [-0.15, -0.1) is 0 Å². The monoisotopic (exact) mass is 268 g/mol. The van der Waals surface area contributed by atoms with Crippen molar-refractivity contribution in [1.29, 1.82) is 0 Å². The summed E-state index contributed by atoms with van der Waals surface area (Å²) in [4.78, 5) is 2.71. The molecule has 1 atom stereocenters. The second-order valence-corrected chi connectivity index (χ2v) is 6.69. The Balaban J connectivity index is 1.96. The number of piperidine rings is 1. The minimum absolute atomic E-state index is 0.304. The van der Waals surface area contributed by atoms with E-state index in [0.717, 1.165) is 19.1 Å². The Morgan fingerprint density at radius 2 is 1.95 bits per heavy atom. The molecular formula is C16H32N2O. The van der Waals surface area contributed by atoms with Crippen LogP contribution in [0.25, 0.3) is 0 Å². The second kappa shape index (κ2) is 7.05. The van der Waals surface area contributed by atoms with Gasteiger partial charge in [0.15, 0.2) is 0 Å². The lowest BCUT2D eigenvalue weighted by Crippen LogP contribution is -2.58. The summed E-state index contributed by atoms with van der Waals surface area (Å²) in [6, 6.07) is 0. The fourth-order valence-electron chi connectivity index (χ4n) is 4.14. The van der Waals surface area contributed by atoms with Gasteiger partial charge in [0.05, 0.1) is 6.61 Å². The van der Waals surface area contributed by atoms with E-state index < -0.39 is 0 Å². The zero-order valence-corrected chi connectivity index (χ0v) is 12.9. The van der Waals surface area contributed by atoms with Gasteiger partial charge in [0.25, 0.3) is 0 Å². The third-order valence-corrected chi connectivity index (χ3v) is 5.59. The first-order valence-corrected chi connectivity index (χ1v) is 8.18. The van der Waals surface area contributed by atoms with Gasteiger partial charge in [0.1, 0.15) is 0 Å². The first kappa shape index (κ1) is 15.3. The van der Waals surface area contributed by atoms with E-state index in [9.17, 15) is 0 Å². The normalized spacial score (nSPS) is 37.4. The fourth-order valence-corrected chi connectivity index (χ4v) is 4.14. The Labute approximate surface area is 118 Å². The topological polar surface area (TPSA) is 38.5 Å². The van der Waals surface area contributed by atoms with E-state index in [1.54, 1.807) is 0 Å². The van der Waals surface area contributed by atoms with Gasteiger partial charge in [-0.05, 0) is 56.9 Å². The van der Waals surface area contributed by atoms with Crippen molar-refractivity contribution in [3.63, 3.8) is 0 Å². The number of nitrogens with zero attached hydrogens (tertiary/aromatic N) is 1. The average molecular weight is 268 g/mol. The molecule has 1 heterocycles. The van der Waals surface area contributed by atoms with Gasteiger partial charge in [-0.2, -0.15) is 0 Å². The van der Waals surface area contributed by atoms with Crippen molar-refractivity contribution in [2.45, 2.75) is 57.4 Å². The molecule has 1 saturated carbocycles. The van der Waals surface area contributed by atoms with Gasteiger partial charge in [0, 0.05) is 25.7 Å². The summed E-state index contributed by atoms with van der Waals surface area (Å²) in [7, 11) is 1.82. The number of ether oxygens (including phenoxy) is 1. The molecule has 3 nitrogen and oxygen atoms in total. The first-order chi connectivity index (χ1) is 9.24. The van der Waals surface area contributed by atoms with Gasteiger partial charge in [-0.3, -0.25) is 4.90 Å². The summed E-state index contributed by atoms with van der Waals surface area (Å²) in [5.41, 5.74) is 6.51. The molecule has 0 amide bonds. The highest BCUT2D eigenvalue weighted by Crippen LogP contribution is 2.39. The third kappa shape index (κ3) is 3.50. The van der Waals surface area contributed by atoms with Crippen molar-refractivity contribution in [3.8, 4) is 0 Å². The number of nitrogens with two attached hydrogens (primary N) is 1. The lowest BCUT2D eigenvalue weighted by molar-refractivity contribution is -0.00592. The van der Waals surface area contributed by atoms with E-state index >= 15 is 0 Å². The smallest absolute Gasteiger partial charge is 0.0502 e. The van der Waals surface area contributed by atoms with Crippen LogP contribution in [0.1, 0.15) is 51.9 Å². The molecule has 3 heteroatoms. The molecule has 112 valence electrons. The minimum atomic E-state index is 0.304. The van der Waals surface area contributed by atoms with Crippen LogP contribution in [0.3, 0.4) is 0 Å². The van der Waals surface area contributed by atoms with Crippen molar-refractivity contribution in [3.05, 3.63) is 0 Å². The molecule has 2 rings (SSSR count). The number of hydrogen-bond donors (Lipinski definition) is 1. The maximum absolute atomic E-state index is 6.20. The molecule has 1 unspecified atom stereocenters. The Morgan fingerprint density at radius 1 is 1.21 bits per heavy atom. The van der Waals surface area contributed by atoms with Crippen molar-refractivity contribution in [2.75, 3.05) is 33.4 Å². The van der Waals surface area contributed by atoms with E-state index in [-0.39, 0.29) is 0 Å². The van der Waals surface area contributed by atoms with Gasteiger partial charge in [0.2, 0.25) is 0 Å². The molecule has 0 radical (unpaired) electrons. The lowest BCUT2D eigenvalue weighted by Gasteiger charge is -2.50. The molecule has 0 aromatic rings. The molecule has 0 spiro atoms. The molecule has 0 bridgehead atoms. The molecule has 2 aliphatic rings. The summed E-state index contributed by atoms with van der Waals surface area (Å²) in [5.74, 6) is 1.66. The zero-order valence-electron chi connectivity index (χ0n) is 12.9. The molecule has 1 aliphatic heterocycles. The van der Waals surface area contributed by atoms with Crippen molar-refractivity contribution < 1.29 is 4.74 Å². The SMILES string of the molecule is CCC1CCC(CN)(N2CCCC(COC)C2)CC1. The molecule has 0 aromatic carbocycles. The highest BCUT2D eigenvalue weighted by Gasteiger charge is 2.40. The van der Waals surface area contributed by atoms with E-state index in [1.165, 1.54) is 58.0 Å². The highest BCUT2D eigenvalue weighted by molar-refractivity contribution is 4.97. The zero-order chi connectivity index (χ0) is 13.7. The van der Waals surface area contributed by atoms with E-state index in [4.69, 9.17) is 10.5 Å². The average Bonchev–Trinajstić information content (AvgIpc) is 2.48. The Hall–Kier alpha value is -0.120. The maximum Gasteiger partial charge on any atom is 0.0502 e. The largest absolute Gasteiger partial charge is 0.384 e. The van der Waals surface area contributed by atoms with Gasteiger partial charge in [-0.25, -0.2) is 0 Å². The number of rotatable bonds is 5. The molecule has 2 fully saturated rings. The molecule has 19 heavy (non-hydrogen) atoms. The Kier molecular flexibility index (Phi) is 5.67. The van der Waals surface area contributed by atoms with E-state index in [0.29, 0.717) is 11.5 Å². The molecule has 1 aliphatic carbocycles. The van der Waals surface area contributed by atoms with Crippen molar-refractivity contribution in [2.24, 2.45) is 17.6 Å². The predicted molar refractivity (Wildman–Crippen MR) is 80.2 cm³/mol. The predicted octanol–water partition coefficient (Wildman–Crippen LogP) is 2.64. The molecule has 1 saturated heterocycles. The number of methoxy groups -OCH3 is 1. The summed E-state index contributed by atoms with van der Waals surface area (Å²) < 4.78 is 5.36. The summed E-state index contributed by atoms with van der Waals surface area (Å²) in [6.45, 7) is 6.52. The summed E-state index contributed by atoms with van der Waals surface area (Å²) in [6.07, 6.45) is 9.34. The quantitative estimate of drug-likeness (QED) is 0.833. The van der Waals surface area contributed by atoms with E-state index in [2.05, 4.69) is 11.8 Å². The third-order valence-electron chi connectivity index (χ3n) is 5.59. The van der Waals surface area contributed by atoms with Crippen LogP contribution in [0.4, 0.5) is 0 Å². The van der Waals surface area contributed by atoms with Crippen LogP contribution < -0.4 is 5.73 Å². The molecule has 0 aromatic heterocycles. The molecular weight excluding hydrogens is 236 g/mol. The standard InChI is InChI=1S/C16H32N2O/c1-3-14-6-8-16(13-17,9-7-14)18-10-4-5-15(11-18)12-19-2/h14-15H,3-13,17H2,1-2H3. The van der Waals surface area contributed by atoms with Gasteiger partial charge >= 0.3 is 0 Å². The van der Waals surface area contributed by atoms with Crippen LogP contribution in [-0.4, -0.2) is 43.8 Å². The molecule has 2 N–H and O–H groups in total. The summed E-state index contributed by atoms with van der Waals surface area (Å²) >= 11 is 0. The number of hydrogen-bond acceptors (Lipinski definition) is 3. The van der Waals surface area contributed by atoms with Crippen LogP contribution >= 0.6 is 0 Å². The Morgan fingerprint density at radius 3 is 2.53 bits per heavy atom. The van der Waals surface area contributed by atoms with Crippen LogP contribution in [0, 0.1) is 11.8 Å². The Bertz CT molecular complexity index is 259. The minimum Gasteiger partial charge on any atom is -0.384 e. The maximum atomic E-state index is 6.20. The van der Waals surface area contributed by atoms with Gasteiger partial charge in [-0.1, -0.05) is 13.3 Å².